The van der Waals surface area contributed by atoms with Crippen LogP contribution < -0.4 is 16.4 Å². The first kappa shape index (κ1) is 18.1. The average molecular weight is 367 g/mol. The Bertz CT molecular complexity index is 1130. The van der Waals surface area contributed by atoms with Crippen LogP contribution in [0.3, 0.4) is 0 Å². The third kappa shape index (κ3) is 3.95. The van der Waals surface area contributed by atoms with Gasteiger partial charge in [0.2, 0.25) is 5.91 Å². The predicted octanol–water partition coefficient (Wildman–Crippen LogP) is 1.51. The normalized spacial score (nSPS) is 10.6. The van der Waals surface area contributed by atoms with Gasteiger partial charge in [0.1, 0.15) is 0 Å². The minimum absolute atomic E-state index is 0.0153. The number of methoxy groups -OCH3 is 1. The molecule has 0 saturated heterocycles. The van der Waals surface area contributed by atoms with Crippen molar-refractivity contribution in [3.8, 4) is 0 Å². The SMILES string of the molecule is COC(=O)c1cccc(NC(=O)CCn2[nH]c(=O)c3ccccc3c2=O)c1. The lowest BCUT2D eigenvalue weighted by molar-refractivity contribution is -0.116. The van der Waals surface area contributed by atoms with Crippen LogP contribution in [0.4, 0.5) is 5.69 Å². The van der Waals surface area contributed by atoms with Crippen molar-refractivity contribution in [3.05, 3.63) is 74.8 Å². The molecule has 27 heavy (non-hydrogen) atoms. The number of amides is 1. The predicted molar refractivity (Wildman–Crippen MR) is 99.9 cm³/mol. The molecule has 0 aliphatic heterocycles. The summed E-state index contributed by atoms with van der Waals surface area (Å²) >= 11 is 0. The van der Waals surface area contributed by atoms with Crippen LogP contribution >= 0.6 is 0 Å². The van der Waals surface area contributed by atoms with E-state index in [1.54, 1.807) is 42.5 Å². The average Bonchev–Trinajstić information content (AvgIpc) is 2.69. The number of aryl methyl sites for hydroxylation is 1. The van der Waals surface area contributed by atoms with E-state index in [9.17, 15) is 19.2 Å². The summed E-state index contributed by atoms with van der Waals surface area (Å²) in [5.74, 6) is -0.871. The molecule has 0 saturated carbocycles. The van der Waals surface area contributed by atoms with Gasteiger partial charge in [-0.2, -0.15) is 0 Å². The molecule has 3 aromatic rings. The second-order valence-electron chi connectivity index (χ2n) is 5.81. The van der Waals surface area contributed by atoms with Crippen LogP contribution in [0.1, 0.15) is 16.8 Å². The maximum atomic E-state index is 12.4. The van der Waals surface area contributed by atoms with Crippen LogP contribution in [0.2, 0.25) is 0 Å². The molecule has 1 amide bonds. The van der Waals surface area contributed by atoms with E-state index in [2.05, 4.69) is 15.2 Å². The molecule has 0 bridgehead atoms. The number of nitrogens with zero attached hydrogens (tertiary/aromatic N) is 1. The molecule has 3 rings (SSSR count). The molecule has 1 heterocycles. The zero-order valence-corrected chi connectivity index (χ0v) is 14.5. The fourth-order valence-corrected chi connectivity index (χ4v) is 2.68. The Morgan fingerprint density at radius 3 is 2.56 bits per heavy atom. The summed E-state index contributed by atoms with van der Waals surface area (Å²) < 4.78 is 5.76. The Morgan fingerprint density at radius 1 is 1.07 bits per heavy atom. The summed E-state index contributed by atoms with van der Waals surface area (Å²) in [5.41, 5.74) is -0.0188. The van der Waals surface area contributed by atoms with Crippen LogP contribution in [-0.4, -0.2) is 28.8 Å². The Morgan fingerprint density at radius 2 is 1.81 bits per heavy atom. The smallest absolute Gasteiger partial charge is 0.337 e. The quantitative estimate of drug-likeness (QED) is 0.664. The highest BCUT2D eigenvalue weighted by Gasteiger charge is 2.10. The van der Waals surface area contributed by atoms with E-state index in [0.29, 0.717) is 22.0 Å². The van der Waals surface area contributed by atoms with Gasteiger partial charge < -0.3 is 10.1 Å². The van der Waals surface area contributed by atoms with Crippen molar-refractivity contribution < 1.29 is 14.3 Å². The number of anilines is 1. The fourth-order valence-electron chi connectivity index (χ4n) is 2.68. The lowest BCUT2D eigenvalue weighted by Gasteiger charge is -2.09. The van der Waals surface area contributed by atoms with Crippen LogP contribution in [0.15, 0.2) is 58.1 Å². The van der Waals surface area contributed by atoms with Crippen molar-refractivity contribution in [2.75, 3.05) is 12.4 Å². The van der Waals surface area contributed by atoms with Gasteiger partial charge in [0.05, 0.1) is 30.0 Å². The van der Waals surface area contributed by atoms with Crippen molar-refractivity contribution >= 4 is 28.3 Å². The molecule has 8 nitrogen and oxygen atoms in total. The van der Waals surface area contributed by atoms with Crippen LogP contribution in [0, 0.1) is 0 Å². The van der Waals surface area contributed by atoms with Gasteiger partial charge in [0.25, 0.3) is 11.1 Å². The number of ether oxygens (including phenoxy) is 1. The number of aromatic amines is 1. The number of esters is 1. The summed E-state index contributed by atoms with van der Waals surface area (Å²) in [4.78, 5) is 48.2. The van der Waals surface area contributed by atoms with Gasteiger partial charge in [-0.15, -0.1) is 0 Å². The molecule has 1 aromatic heterocycles. The first-order valence-corrected chi connectivity index (χ1v) is 8.19. The Labute approximate surface area is 153 Å². The number of rotatable bonds is 5. The first-order chi connectivity index (χ1) is 13.0. The number of benzene rings is 2. The van der Waals surface area contributed by atoms with Gasteiger partial charge in [-0.1, -0.05) is 18.2 Å². The third-order valence-electron chi connectivity index (χ3n) is 4.01. The van der Waals surface area contributed by atoms with Gasteiger partial charge in [-0.05, 0) is 30.3 Å². The van der Waals surface area contributed by atoms with Gasteiger partial charge in [0.15, 0.2) is 0 Å². The van der Waals surface area contributed by atoms with Crippen molar-refractivity contribution in [2.45, 2.75) is 13.0 Å². The number of carbonyl (C=O) groups excluding carboxylic acids is 2. The van der Waals surface area contributed by atoms with E-state index in [0.717, 1.165) is 4.68 Å². The second-order valence-corrected chi connectivity index (χ2v) is 5.81. The minimum atomic E-state index is -0.508. The first-order valence-electron chi connectivity index (χ1n) is 8.19. The molecule has 0 aliphatic rings. The molecule has 0 aliphatic carbocycles. The van der Waals surface area contributed by atoms with Gasteiger partial charge >= 0.3 is 5.97 Å². The largest absolute Gasteiger partial charge is 0.465 e. The zero-order chi connectivity index (χ0) is 19.4. The summed E-state index contributed by atoms with van der Waals surface area (Å²) in [5, 5.41) is 5.73. The number of H-pyrrole nitrogens is 1. The van der Waals surface area contributed by atoms with E-state index in [4.69, 9.17) is 0 Å². The second kappa shape index (κ2) is 7.69. The maximum absolute atomic E-state index is 12.4. The van der Waals surface area contributed by atoms with E-state index >= 15 is 0 Å². The molecule has 0 fully saturated rings. The van der Waals surface area contributed by atoms with E-state index in [1.165, 1.54) is 13.2 Å². The van der Waals surface area contributed by atoms with Crippen LogP contribution in [-0.2, 0) is 16.1 Å². The number of carbonyl (C=O) groups is 2. The van der Waals surface area contributed by atoms with E-state index in [-0.39, 0.29) is 24.4 Å². The van der Waals surface area contributed by atoms with Crippen molar-refractivity contribution in [1.29, 1.82) is 0 Å². The Balaban J connectivity index is 1.72. The zero-order valence-electron chi connectivity index (χ0n) is 14.5. The van der Waals surface area contributed by atoms with Gasteiger partial charge in [0, 0.05) is 12.1 Å². The maximum Gasteiger partial charge on any atom is 0.337 e. The Kier molecular flexibility index (Phi) is 5.16. The topological polar surface area (TPSA) is 110 Å². The van der Waals surface area contributed by atoms with Crippen molar-refractivity contribution in [2.24, 2.45) is 0 Å². The molecule has 2 aromatic carbocycles. The van der Waals surface area contributed by atoms with E-state index in [1.807, 2.05) is 0 Å². The van der Waals surface area contributed by atoms with Crippen LogP contribution in [0.5, 0.6) is 0 Å². The molecule has 0 atom stereocenters. The summed E-state index contributed by atoms with van der Waals surface area (Å²) in [6.45, 7) is 0.0153. The lowest BCUT2D eigenvalue weighted by Crippen LogP contribution is -2.31. The number of hydrogen-bond donors (Lipinski definition) is 2. The number of hydrogen-bond acceptors (Lipinski definition) is 5. The summed E-state index contributed by atoms with van der Waals surface area (Å²) in [7, 11) is 1.27. The Hall–Kier alpha value is -3.68. The van der Waals surface area contributed by atoms with Crippen LogP contribution in [0.25, 0.3) is 10.8 Å². The molecule has 0 radical (unpaired) electrons. The molecule has 138 valence electrons. The highest BCUT2D eigenvalue weighted by Crippen LogP contribution is 2.12. The van der Waals surface area contributed by atoms with Crippen molar-refractivity contribution in [3.63, 3.8) is 0 Å². The fraction of sp³-hybridized carbons (Fsp3) is 0.158. The molecule has 0 unspecified atom stereocenters. The monoisotopic (exact) mass is 367 g/mol. The number of fused-ring (bicyclic) bond motifs is 1. The highest BCUT2D eigenvalue weighted by atomic mass is 16.5. The highest BCUT2D eigenvalue weighted by molar-refractivity contribution is 5.94. The molecular formula is C19H17N3O5. The molecule has 8 heteroatoms. The molecule has 2 N–H and O–H groups in total. The minimum Gasteiger partial charge on any atom is -0.465 e. The molecule has 0 spiro atoms. The van der Waals surface area contributed by atoms with E-state index < -0.39 is 11.5 Å². The van der Waals surface area contributed by atoms with Gasteiger partial charge in [-0.25, -0.2) is 9.48 Å². The summed E-state index contributed by atoms with van der Waals surface area (Å²) in [6, 6.07) is 12.8. The van der Waals surface area contributed by atoms with Gasteiger partial charge in [-0.3, -0.25) is 19.5 Å². The number of aromatic nitrogens is 2. The summed E-state index contributed by atoms with van der Waals surface area (Å²) in [6.07, 6.45) is -0.0311. The van der Waals surface area contributed by atoms with Crippen molar-refractivity contribution in [1.82, 2.24) is 9.78 Å². The third-order valence-corrected chi connectivity index (χ3v) is 4.01. The molecular weight excluding hydrogens is 350 g/mol. The standard InChI is InChI=1S/C19H17N3O5/c1-27-19(26)12-5-4-6-13(11-12)20-16(23)9-10-22-18(25)15-8-3-2-7-14(15)17(24)21-22/h2-8,11H,9-10H2,1H3,(H,20,23)(H,21,24). The number of nitrogens with one attached hydrogen (secondary N) is 2. The lowest BCUT2D eigenvalue weighted by atomic mass is 10.2.